The number of hydrogen-bond acceptors (Lipinski definition) is 1. The van der Waals surface area contributed by atoms with Crippen molar-refractivity contribution >= 4 is 0 Å². The summed E-state index contributed by atoms with van der Waals surface area (Å²) >= 11 is 0. The number of rotatable bonds is 6. The van der Waals surface area contributed by atoms with Gasteiger partial charge in [-0.25, -0.2) is 0 Å². The minimum Gasteiger partial charge on any atom is -0.317 e. The van der Waals surface area contributed by atoms with Gasteiger partial charge in [0.15, 0.2) is 0 Å². The van der Waals surface area contributed by atoms with Crippen molar-refractivity contribution in [3.63, 3.8) is 0 Å². The summed E-state index contributed by atoms with van der Waals surface area (Å²) in [6, 6.07) is 0. The van der Waals surface area contributed by atoms with Gasteiger partial charge >= 0.3 is 0 Å². The van der Waals surface area contributed by atoms with Crippen LogP contribution < -0.4 is 5.32 Å². The van der Waals surface area contributed by atoms with Crippen molar-refractivity contribution in [2.45, 2.75) is 40.0 Å². The van der Waals surface area contributed by atoms with Gasteiger partial charge < -0.3 is 5.32 Å². The summed E-state index contributed by atoms with van der Waals surface area (Å²) in [5.74, 6) is 6.83. The zero-order valence-corrected chi connectivity index (χ0v) is 8.61. The Morgan fingerprint density at radius 1 is 1.33 bits per heavy atom. The lowest BCUT2D eigenvalue weighted by Crippen LogP contribution is -2.16. The Labute approximate surface area is 76.9 Å². The third-order valence-electron chi connectivity index (χ3n) is 2.00. The average Bonchev–Trinajstić information content (AvgIpc) is 2.06. The van der Waals surface area contributed by atoms with E-state index in [1.807, 2.05) is 6.92 Å². The first-order valence-electron chi connectivity index (χ1n) is 4.91. The van der Waals surface area contributed by atoms with Crippen molar-refractivity contribution in [1.29, 1.82) is 0 Å². The number of hydrogen-bond donors (Lipinski definition) is 1. The van der Waals surface area contributed by atoms with Crippen LogP contribution >= 0.6 is 0 Å². The molecular formula is C11H21N. The molecule has 0 rings (SSSR count). The van der Waals surface area contributed by atoms with Gasteiger partial charge in [0.25, 0.3) is 0 Å². The fourth-order valence-corrected chi connectivity index (χ4v) is 1.11. The molecule has 0 aliphatic carbocycles. The Kier molecular flexibility index (Phi) is 8.27. The topological polar surface area (TPSA) is 12.0 Å². The second kappa shape index (κ2) is 8.62. The minimum absolute atomic E-state index is 0.810. The van der Waals surface area contributed by atoms with Crippen LogP contribution in [0.4, 0.5) is 0 Å². The van der Waals surface area contributed by atoms with E-state index in [0.717, 1.165) is 25.4 Å². The normalized spacial score (nSPS) is 11.9. The lowest BCUT2D eigenvalue weighted by atomic mass is 10.0. The van der Waals surface area contributed by atoms with Crippen molar-refractivity contribution in [3.05, 3.63) is 0 Å². The Hall–Kier alpha value is -0.480. The molecule has 0 heterocycles. The van der Waals surface area contributed by atoms with Gasteiger partial charge in [-0.2, -0.15) is 0 Å². The first-order chi connectivity index (χ1) is 5.81. The van der Waals surface area contributed by atoms with Crippen LogP contribution in [0.25, 0.3) is 0 Å². The molecule has 0 spiro atoms. The Bertz CT molecular complexity index is 141. The molecule has 0 aliphatic rings. The van der Waals surface area contributed by atoms with Crippen LogP contribution in [0.15, 0.2) is 0 Å². The van der Waals surface area contributed by atoms with Crippen molar-refractivity contribution in [2.75, 3.05) is 13.1 Å². The number of nitrogens with one attached hydrogen (secondary N) is 1. The predicted molar refractivity (Wildman–Crippen MR) is 55.0 cm³/mol. The van der Waals surface area contributed by atoms with E-state index in [2.05, 4.69) is 31.0 Å². The molecule has 0 amide bonds. The van der Waals surface area contributed by atoms with Crippen LogP contribution in [0.5, 0.6) is 0 Å². The summed E-state index contributed by atoms with van der Waals surface area (Å²) in [6.45, 7) is 8.59. The lowest BCUT2D eigenvalue weighted by molar-refractivity contribution is 0.480. The van der Waals surface area contributed by atoms with Gasteiger partial charge in [-0.15, -0.1) is 11.8 Å². The molecule has 0 saturated carbocycles. The standard InChI is InChI=1S/C11H21N/c1-4-6-7-8-11(3)9-10-12-5-2/h11-12H,5,7-10H2,1-3H3. The van der Waals surface area contributed by atoms with E-state index in [-0.39, 0.29) is 0 Å². The van der Waals surface area contributed by atoms with E-state index >= 15 is 0 Å². The van der Waals surface area contributed by atoms with Crippen LogP contribution in [0.1, 0.15) is 40.0 Å². The molecule has 0 fully saturated rings. The van der Waals surface area contributed by atoms with Gasteiger partial charge in [-0.05, 0) is 38.8 Å². The molecule has 1 N–H and O–H groups in total. The molecule has 1 unspecified atom stereocenters. The molecule has 0 aromatic heterocycles. The summed E-state index contributed by atoms with van der Waals surface area (Å²) in [4.78, 5) is 0. The Morgan fingerprint density at radius 2 is 2.08 bits per heavy atom. The molecule has 0 aromatic carbocycles. The van der Waals surface area contributed by atoms with Gasteiger partial charge in [0.05, 0.1) is 0 Å². The van der Waals surface area contributed by atoms with Crippen LogP contribution in [-0.2, 0) is 0 Å². The summed E-state index contributed by atoms with van der Waals surface area (Å²) < 4.78 is 0. The Balaban J connectivity index is 3.19. The third-order valence-corrected chi connectivity index (χ3v) is 2.00. The molecule has 0 bridgehead atoms. The smallest absolute Gasteiger partial charge is 0.00911 e. The maximum Gasteiger partial charge on any atom is 0.00911 e. The molecule has 70 valence electrons. The van der Waals surface area contributed by atoms with Gasteiger partial charge in [0, 0.05) is 6.42 Å². The first kappa shape index (κ1) is 11.5. The lowest BCUT2D eigenvalue weighted by Gasteiger charge is -2.08. The highest BCUT2D eigenvalue weighted by Gasteiger charge is 1.99. The summed E-state index contributed by atoms with van der Waals surface area (Å²) in [5.41, 5.74) is 0. The van der Waals surface area contributed by atoms with Crippen LogP contribution in [0, 0.1) is 17.8 Å². The molecule has 1 atom stereocenters. The highest BCUT2D eigenvalue weighted by atomic mass is 14.8. The van der Waals surface area contributed by atoms with Crippen molar-refractivity contribution in [2.24, 2.45) is 5.92 Å². The fourth-order valence-electron chi connectivity index (χ4n) is 1.11. The SMILES string of the molecule is CC#CCCC(C)CCNCC. The van der Waals surface area contributed by atoms with Gasteiger partial charge in [-0.1, -0.05) is 13.8 Å². The quantitative estimate of drug-likeness (QED) is 0.473. The van der Waals surface area contributed by atoms with E-state index < -0.39 is 0 Å². The van der Waals surface area contributed by atoms with Crippen LogP contribution in [-0.4, -0.2) is 13.1 Å². The summed E-state index contributed by atoms with van der Waals surface area (Å²) in [5, 5.41) is 3.33. The molecule has 1 heteroatoms. The van der Waals surface area contributed by atoms with Crippen molar-refractivity contribution in [3.8, 4) is 11.8 Å². The third kappa shape index (κ3) is 7.63. The highest BCUT2D eigenvalue weighted by molar-refractivity contribution is 4.94. The van der Waals surface area contributed by atoms with Gasteiger partial charge in [-0.3, -0.25) is 0 Å². The molecule has 12 heavy (non-hydrogen) atoms. The maximum atomic E-state index is 3.33. The molecule has 0 radical (unpaired) electrons. The summed E-state index contributed by atoms with van der Waals surface area (Å²) in [6.07, 6.45) is 3.58. The highest BCUT2D eigenvalue weighted by Crippen LogP contribution is 2.08. The molecule has 0 aromatic rings. The Morgan fingerprint density at radius 3 is 2.67 bits per heavy atom. The monoisotopic (exact) mass is 167 g/mol. The zero-order valence-electron chi connectivity index (χ0n) is 8.61. The van der Waals surface area contributed by atoms with Crippen molar-refractivity contribution < 1.29 is 0 Å². The van der Waals surface area contributed by atoms with E-state index in [0.29, 0.717) is 0 Å². The second-order valence-electron chi connectivity index (χ2n) is 3.21. The fraction of sp³-hybridized carbons (Fsp3) is 0.818. The summed E-state index contributed by atoms with van der Waals surface area (Å²) in [7, 11) is 0. The van der Waals surface area contributed by atoms with E-state index in [1.165, 1.54) is 12.8 Å². The maximum absolute atomic E-state index is 3.33. The van der Waals surface area contributed by atoms with Crippen LogP contribution in [0.2, 0.25) is 0 Å². The van der Waals surface area contributed by atoms with Crippen molar-refractivity contribution in [1.82, 2.24) is 5.32 Å². The molecule has 0 aliphatic heterocycles. The van der Waals surface area contributed by atoms with E-state index in [9.17, 15) is 0 Å². The largest absolute Gasteiger partial charge is 0.317 e. The zero-order chi connectivity index (χ0) is 9.23. The van der Waals surface area contributed by atoms with E-state index in [4.69, 9.17) is 0 Å². The second-order valence-corrected chi connectivity index (χ2v) is 3.21. The molecule has 1 nitrogen and oxygen atoms in total. The van der Waals surface area contributed by atoms with Gasteiger partial charge in [0.1, 0.15) is 0 Å². The predicted octanol–water partition coefficient (Wildman–Crippen LogP) is 2.43. The minimum atomic E-state index is 0.810. The molecule has 0 saturated heterocycles. The first-order valence-corrected chi connectivity index (χ1v) is 4.91. The van der Waals surface area contributed by atoms with E-state index in [1.54, 1.807) is 0 Å². The average molecular weight is 167 g/mol. The van der Waals surface area contributed by atoms with Crippen LogP contribution in [0.3, 0.4) is 0 Å². The van der Waals surface area contributed by atoms with Gasteiger partial charge in [0.2, 0.25) is 0 Å². The molecular weight excluding hydrogens is 146 g/mol.